The summed E-state index contributed by atoms with van der Waals surface area (Å²) in [5, 5.41) is 11.8. The van der Waals surface area contributed by atoms with Crippen molar-refractivity contribution < 1.29 is 22.1 Å². The SMILES string of the molecule is Cc1nc2c(N)c[nH]n2c(=O)c1Cc1ccc[n+](CCO)c1.[Cl-]. The maximum Gasteiger partial charge on any atom is 0.276 e. The predicted octanol–water partition coefficient (Wildman–Crippen LogP) is -3.21. The number of nitrogen functional groups attached to an aromatic ring is 1. The van der Waals surface area contributed by atoms with Gasteiger partial charge in [-0.15, -0.1) is 0 Å². The fourth-order valence-electron chi connectivity index (χ4n) is 2.52. The molecule has 0 aliphatic heterocycles. The van der Waals surface area contributed by atoms with Crippen molar-refractivity contribution in [3.05, 3.63) is 57.9 Å². The van der Waals surface area contributed by atoms with E-state index in [1.54, 1.807) is 6.20 Å². The van der Waals surface area contributed by atoms with E-state index in [9.17, 15) is 4.79 Å². The lowest BCUT2D eigenvalue weighted by molar-refractivity contribution is -0.698. The van der Waals surface area contributed by atoms with Crippen molar-refractivity contribution in [3.8, 4) is 0 Å². The summed E-state index contributed by atoms with van der Waals surface area (Å²) in [5.41, 5.74) is 8.84. The second-order valence-corrected chi connectivity index (χ2v) is 5.22. The number of H-pyrrole nitrogens is 1. The lowest BCUT2D eigenvalue weighted by atomic mass is 10.1. The van der Waals surface area contributed by atoms with Gasteiger partial charge < -0.3 is 23.2 Å². The van der Waals surface area contributed by atoms with Gasteiger partial charge >= 0.3 is 0 Å². The lowest BCUT2D eigenvalue weighted by Gasteiger charge is -2.05. The molecule has 0 aliphatic rings. The number of aryl methyl sites for hydroxylation is 1. The van der Waals surface area contributed by atoms with Crippen LogP contribution in [0.1, 0.15) is 16.8 Å². The molecule has 4 N–H and O–H groups in total. The van der Waals surface area contributed by atoms with Gasteiger partial charge in [-0.05, 0) is 13.0 Å². The number of anilines is 1. The van der Waals surface area contributed by atoms with E-state index < -0.39 is 0 Å². The summed E-state index contributed by atoms with van der Waals surface area (Å²) in [4.78, 5) is 17.0. The number of aliphatic hydroxyl groups is 1. The van der Waals surface area contributed by atoms with Crippen LogP contribution in [0.5, 0.6) is 0 Å². The second kappa shape index (κ2) is 6.80. The Morgan fingerprint density at radius 1 is 1.48 bits per heavy atom. The molecule has 0 amide bonds. The Hall–Kier alpha value is -2.38. The number of nitrogens with zero attached hydrogens (tertiary/aromatic N) is 3. The average Bonchev–Trinajstić information content (AvgIpc) is 2.86. The summed E-state index contributed by atoms with van der Waals surface area (Å²) >= 11 is 0. The molecule has 23 heavy (non-hydrogen) atoms. The average molecular weight is 336 g/mol. The molecule has 0 saturated heterocycles. The highest BCUT2D eigenvalue weighted by Gasteiger charge is 2.14. The first-order valence-electron chi connectivity index (χ1n) is 7.04. The quantitative estimate of drug-likeness (QED) is 0.437. The van der Waals surface area contributed by atoms with Gasteiger partial charge in [0.2, 0.25) is 0 Å². The van der Waals surface area contributed by atoms with E-state index in [1.165, 1.54) is 4.52 Å². The van der Waals surface area contributed by atoms with Crippen molar-refractivity contribution in [2.45, 2.75) is 19.9 Å². The van der Waals surface area contributed by atoms with Crippen molar-refractivity contribution >= 4 is 11.3 Å². The van der Waals surface area contributed by atoms with Crippen LogP contribution in [0.3, 0.4) is 0 Å². The maximum atomic E-state index is 12.6. The van der Waals surface area contributed by atoms with Crippen LogP contribution < -0.4 is 28.3 Å². The van der Waals surface area contributed by atoms with Gasteiger partial charge in [0.15, 0.2) is 24.6 Å². The first kappa shape index (κ1) is 17.0. The Labute approximate surface area is 138 Å². The number of hydrogen-bond acceptors (Lipinski definition) is 4. The zero-order valence-electron chi connectivity index (χ0n) is 12.7. The van der Waals surface area contributed by atoms with Crippen molar-refractivity contribution in [2.24, 2.45) is 0 Å². The molecule has 8 heteroatoms. The van der Waals surface area contributed by atoms with Crippen LogP contribution in [0.15, 0.2) is 35.5 Å². The zero-order valence-corrected chi connectivity index (χ0v) is 13.4. The number of aliphatic hydroxyl groups excluding tert-OH is 1. The maximum absolute atomic E-state index is 12.6. The molecule has 3 aromatic heterocycles. The van der Waals surface area contributed by atoms with E-state index in [2.05, 4.69) is 10.1 Å². The van der Waals surface area contributed by atoms with Gasteiger partial charge in [-0.2, -0.15) is 4.52 Å². The molecule has 0 spiro atoms. The number of pyridine rings is 1. The standard InChI is InChI=1S/C15H17N5O2.ClH/c1-10-12(7-11-3-2-4-19(9-11)5-6-21)15(22)20-14(18-10)13(16)8-17-20;/h2-4,8-9,21H,5-7,16H2,1H3;1H. The minimum absolute atomic E-state index is 0. The highest BCUT2D eigenvalue weighted by molar-refractivity contribution is 5.63. The summed E-state index contributed by atoms with van der Waals surface area (Å²) in [5.74, 6) is 0. The summed E-state index contributed by atoms with van der Waals surface area (Å²) in [6, 6.07) is 3.85. The molecule has 0 saturated carbocycles. The van der Waals surface area contributed by atoms with Crippen LogP contribution in [0, 0.1) is 6.92 Å². The smallest absolute Gasteiger partial charge is 0.276 e. The fraction of sp³-hybridized carbons (Fsp3) is 0.267. The largest absolute Gasteiger partial charge is 1.00 e. The molecule has 0 atom stereocenters. The zero-order chi connectivity index (χ0) is 15.7. The molecule has 3 rings (SSSR count). The van der Waals surface area contributed by atoms with E-state index in [0.717, 1.165) is 5.56 Å². The van der Waals surface area contributed by atoms with E-state index in [1.807, 2.05) is 36.0 Å². The molecule has 122 valence electrons. The highest BCUT2D eigenvalue weighted by atomic mass is 35.5. The van der Waals surface area contributed by atoms with Gasteiger partial charge in [0.1, 0.15) is 6.61 Å². The Kier molecular flexibility index (Phi) is 5.02. The number of rotatable bonds is 4. The number of nitrogens with one attached hydrogen (secondary N) is 1. The van der Waals surface area contributed by atoms with Crippen LogP contribution in [0.4, 0.5) is 5.69 Å². The molecule has 0 aromatic carbocycles. The molecule has 0 radical (unpaired) electrons. The summed E-state index contributed by atoms with van der Waals surface area (Å²) < 4.78 is 3.25. The lowest BCUT2D eigenvalue weighted by Crippen LogP contribution is -3.00. The number of halogens is 1. The fourth-order valence-corrected chi connectivity index (χ4v) is 2.52. The van der Waals surface area contributed by atoms with Gasteiger partial charge in [-0.1, -0.05) is 0 Å². The Morgan fingerprint density at radius 2 is 2.26 bits per heavy atom. The van der Waals surface area contributed by atoms with E-state index in [4.69, 9.17) is 10.8 Å². The minimum Gasteiger partial charge on any atom is -1.00 e. The van der Waals surface area contributed by atoms with Crippen LogP contribution in [-0.2, 0) is 13.0 Å². The molecule has 7 nitrogen and oxygen atoms in total. The van der Waals surface area contributed by atoms with Gasteiger partial charge in [0.05, 0.1) is 5.69 Å². The van der Waals surface area contributed by atoms with Crippen molar-refractivity contribution in [3.63, 3.8) is 0 Å². The molecule has 0 unspecified atom stereocenters. The molecule has 3 heterocycles. The summed E-state index contributed by atoms with van der Waals surface area (Å²) in [6.07, 6.45) is 5.84. The summed E-state index contributed by atoms with van der Waals surface area (Å²) in [6.45, 7) is 2.41. The Bertz CT molecular complexity index is 887. The van der Waals surface area contributed by atoms with Crippen LogP contribution >= 0.6 is 0 Å². The molecular weight excluding hydrogens is 318 g/mol. The van der Waals surface area contributed by atoms with Gasteiger partial charge in [-0.3, -0.25) is 9.89 Å². The second-order valence-electron chi connectivity index (χ2n) is 5.22. The summed E-state index contributed by atoms with van der Waals surface area (Å²) in [7, 11) is 0. The molecule has 3 aromatic rings. The van der Waals surface area contributed by atoms with Gasteiger partial charge in [-0.25, -0.2) is 9.55 Å². The monoisotopic (exact) mass is 335 g/mol. The first-order chi connectivity index (χ1) is 10.6. The van der Waals surface area contributed by atoms with E-state index in [-0.39, 0.29) is 24.6 Å². The van der Waals surface area contributed by atoms with Crippen LogP contribution in [0.25, 0.3) is 5.65 Å². The number of hydrogen-bond donors (Lipinski definition) is 3. The van der Waals surface area contributed by atoms with Crippen LogP contribution in [-0.4, -0.2) is 26.3 Å². The third-order valence-electron chi connectivity index (χ3n) is 3.65. The van der Waals surface area contributed by atoms with E-state index >= 15 is 0 Å². The van der Waals surface area contributed by atoms with Gasteiger partial charge in [0, 0.05) is 35.5 Å². The van der Waals surface area contributed by atoms with Crippen molar-refractivity contribution in [2.75, 3.05) is 12.3 Å². The third-order valence-corrected chi connectivity index (χ3v) is 3.65. The molecule has 0 bridgehead atoms. The Morgan fingerprint density at radius 3 is 3.00 bits per heavy atom. The Balaban J connectivity index is 0.00000192. The predicted molar refractivity (Wildman–Crippen MR) is 81.5 cm³/mol. The molecule has 0 fully saturated rings. The van der Waals surface area contributed by atoms with Crippen molar-refractivity contribution in [1.29, 1.82) is 0 Å². The number of fused-ring (bicyclic) bond motifs is 1. The normalized spacial score (nSPS) is 10.7. The third kappa shape index (κ3) is 3.20. The molecule has 0 aliphatic carbocycles. The molecular formula is C15H18ClN5O2. The number of aromatic nitrogens is 4. The van der Waals surface area contributed by atoms with Crippen molar-refractivity contribution in [1.82, 2.24) is 14.6 Å². The first-order valence-corrected chi connectivity index (χ1v) is 7.04. The van der Waals surface area contributed by atoms with Gasteiger partial charge in [0.25, 0.3) is 5.56 Å². The topological polar surface area (TPSA) is 100 Å². The number of aromatic amines is 1. The van der Waals surface area contributed by atoms with Crippen LogP contribution in [0.2, 0.25) is 0 Å². The van der Waals surface area contributed by atoms with E-state index in [0.29, 0.717) is 35.6 Å². The minimum atomic E-state index is -0.142. The highest BCUT2D eigenvalue weighted by Crippen LogP contribution is 2.12. The number of nitrogens with two attached hydrogens (primary N) is 1.